The predicted octanol–water partition coefficient (Wildman–Crippen LogP) is 3.75. The highest BCUT2D eigenvalue weighted by Crippen LogP contribution is 2.30. The Labute approximate surface area is 186 Å². The van der Waals surface area contributed by atoms with Crippen LogP contribution in [0.25, 0.3) is 0 Å². The number of ether oxygens (including phenoxy) is 1. The van der Waals surface area contributed by atoms with Gasteiger partial charge in [-0.05, 0) is 38.1 Å². The number of amides is 1. The number of nitrogens with zero attached hydrogens (tertiary/aromatic N) is 2. The molecule has 2 aromatic rings. The summed E-state index contributed by atoms with van der Waals surface area (Å²) in [6.07, 6.45) is 0.120. The minimum Gasteiger partial charge on any atom is -0.496 e. The number of hydrogen-bond acceptors (Lipinski definition) is 5. The van der Waals surface area contributed by atoms with Crippen LogP contribution in [-0.2, 0) is 21.2 Å². The summed E-state index contributed by atoms with van der Waals surface area (Å²) in [6, 6.07) is 12.3. The fraction of sp³-hybridized carbons (Fsp3) is 0.435. The number of benzene rings is 2. The molecule has 0 radical (unpaired) electrons. The van der Waals surface area contributed by atoms with Crippen LogP contribution in [0.1, 0.15) is 33.3 Å². The molecular formula is C23H33N3O4S. The van der Waals surface area contributed by atoms with Gasteiger partial charge in [0.05, 0.1) is 29.8 Å². The average Bonchev–Trinajstić information content (AvgIpc) is 2.76. The van der Waals surface area contributed by atoms with E-state index in [0.717, 1.165) is 24.3 Å². The van der Waals surface area contributed by atoms with E-state index in [1.165, 1.54) is 4.31 Å². The van der Waals surface area contributed by atoms with Crippen molar-refractivity contribution < 1.29 is 17.9 Å². The van der Waals surface area contributed by atoms with E-state index in [-0.39, 0.29) is 17.2 Å². The highest BCUT2D eigenvalue weighted by molar-refractivity contribution is 7.89. The van der Waals surface area contributed by atoms with Gasteiger partial charge in [-0.15, -0.1) is 0 Å². The smallest absolute Gasteiger partial charge is 0.243 e. The maximum atomic E-state index is 13.0. The molecule has 2 rings (SSSR count). The molecule has 0 aliphatic heterocycles. The summed E-state index contributed by atoms with van der Waals surface area (Å²) in [5.41, 5.74) is 2.03. The number of nitrogens with one attached hydrogen (secondary N) is 1. The molecule has 8 heteroatoms. The minimum atomic E-state index is -3.64. The molecule has 0 aliphatic rings. The average molecular weight is 448 g/mol. The van der Waals surface area contributed by atoms with Gasteiger partial charge in [0.25, 0.3) is 0 Å². The van der Waals surface area contributed by atoms with Gasteiger partial charge >= 0.3 is 0 Å². The Bertz CT molecular complexity index is 984. The lowest BCUT2D eigenvalue weighted by Crippen LogP contribution is -2.31. The summed E-state index contributed by atoms with van der Waals surface area (Å²) >= 11 is 0. The highest BCUT2D eigenvalue weighted by Gasteiger charge is 2.24. The third-order valence-corrected chi connectivity index (χ3v) is 7.28. The molecule has 0 aliphatic carbocycles. The number of methoxy groups -OCH3 is 1. The minimum absolute atomic E-state index is 0.120. The molecule has 0 fully saturated rings. The van der Waals surface area contributed by atoms with Crippen molar-refractivity contribution in [1.29, 1.82) is 0 Å². The van der Waals surface area contributed by atoms with Crippen molar-refractivity contribution >= 4 is 27.3 Å². The van der Waals surface area contributed by atoms with Gasteiger partial charge in [0.2, 0.25) is 15.9 Å². The molecule has 1 N–H and O–H groups in total. The quantitative estimate of drug-likeness (QED) is 0.568. The van der Waals surface area contributed by atoms with Crippen LogP contribution in [0.4, 0.5) is 11.4 Å². The molecule has 0 saturated carbocycles. The molecule has 0 spiro atoms. The lowest BCUT2D eigenvalue weighted by Gasteiger charge is -2.26. The molecule has 31 heavy (non-hydrogen) atoms. The van der Waals surface area contributed by atoms with E-state index in [4.69, 9.17) is 4.74 Å². The van der Waals surface area contributed by atoms with Crippen molar-refractivity contribution in [3.8, 4) is 5.75 Å². The largest absolute Gasteiger partial charge is 0.496 e. The van der Waals surface area contributed by atoms with Crippen LogP contribution in [0.5, 0.6) is 5.75 Å². The van der Waals surface area contributed by atoms with Crippen LogP contribution in [-0.4, -0.2) is 51.9 Å². The number of para-hydroxylation sites is 1. The topological polar surface area (TPSA) is 79.0 Å². The zero-order chi connectivity index (χ0) is 23.0. The van der Waals surface area contributed by atoms with Crippen LogP contribution in [0.15, 0.2) is 47.4 Å². The third kappa shape index (κ3) is 5.77. The first-order valence-corrected chi connectivity index (χ1v) is 12.1. The standard InChI is InChI=1S/C23H33N3O4S/c1-6-25(7-2)21-15-14-19(31(28,29)26(8-3)9-4)17-20(21)24-23(27)16-18-12-10-11-13-22(18)30-5/h10-15,17H,6-9,16H2,1-5H3,(H,24,27). The Morgan fingerprint density at radius 2 is 1.61 bits per heavy atom. The molecule has 0 bridgehead atoms. The second-order valence-corrected chi connectivity index (χ2v) is 8.92. The predicted molar refractivity (Wildman–Crippen MR) is 125 cm³/mol. The van der Waals surface area contributed by atoms with Crippen LogP contribution in [0.3, 0.4) is 0 Å². The third-order valence-electron chi connectivity index (χ3n) is 5.23. The normalized spacial score (nSPS) is 11.4. The Morgan fingerprint density at radius 1 is 0.968 bits per heavy atom. The fourth-order valence-electron chi connectivity index (χ4n) is 3.54. The van der Waals surface area contributed by atoms with Gasteiger partial charge in [-0.3, -0.25) is 4.79 Å². The first-order chi connectivity index (χ1) is 14.8. The maximum absolute atomic E-state index is 13.0. The highest BCUT2D eigenvalue weighted by atomic mass is 32.2. The fourth-order valence-corrected chi connectivity index (χ4v) is 5.03. The van der Waals surface area contributed by atoms with Crippen molar-refractivity contribution in [2.45, 2.75) is 39.0 Å². The molecule has 2 aromatic carbocycles. The molecule has 0 saturated heterocycles. The molecule has 0 atom stereocenters. The summed E-state index contributed by atoms with van der Waals surface area (Å²) in [5, 5.41) is 2.93. The second kappa shape index (κ2) is 11.2. The van der Waals surface area contributed by atoms with Crippen molar-refractivity contribution in [1.82, 2.24) is 4.31 Å². The Kier molecular flexibility index (Phi) is 8.88. The van der Waals surface area contributed by atoms with Gasteiger partial charge in [0.15, 0.2) is 0 Å². The van der Waals surface area contributed by atoms with Gasteiger partial charge in [-0.2, -0.15) is 4.31 Å². The maximum Gasteiger partial charge on any atom is 0.243 e. The molecule has 0 unspecified atom stereocenters. The summed E-state index contributed by atoms with van der Waals surface area (Å²) < 4.78 is 32.8. The van der Waals surface area contributed by atoms with Crippen molar-refractivity contribution in [2.75, 3.05) is 43.5 Å². The van der Waals surface area contributed by atoms with Crippen LogP contribution in [0, 0.1) is 0 Å². The van der Waals surface area contributed by atoms with Crippen LogP contribution in [0.2, 0.25) is 0 Å². The number of rotatable bonds is 11. The van der Waals surface area contributed by atoms with Crippen molar-refractivity contribution in [3.63, 3.8) is 0 Å². The SMILES string of the molecule is CCN(CC)c1ccc(S(=O)(=O)N(CC)CC)cc1NC(=O)Cc1ccccc1OC. The van der Waals surface area contributed by atoms with Crippen LogP contribution >= 0.6 is 0 Å². The Hall–Kier alpha value is -2.58. The van der Waals surface area contributed by atoms with E-state index < -0.39 is 10.0 Å². The van der Waals surface area contributed by atoms with Crippen molar-refractivity contribution in [3.05, 3.63) is 48.0 Å². The van der Waals surface area contributed by atoms with Gasteiger partial charge in [0.1, 0.15) is 5.75 Å². The lowest BCUT2D eigenvalue weighted by molar-refractivity contribution is -0.115. The van der Waals surface area contributed by atoms with E-state index in [1.54, 1.807) is 45.2 Å². The van der Waals surface area contributed by atoms with Gasteiger partial charge in [-0.25, -0.2) is 8.42 Å². The van der Waals surface area contributed by atoms with Gasteiger partial charge in [-0.1, -0.05) is 32.0 Å². The van der Waals surface area contributed by atoms with E-state index in [2.05, 4.69) is 10.2 Å². The number of carbonyl (C=O) groups is 1. The van der Waals surface area contributed by atoms with E-state index in [1.807, 2.05) is 32.0 Å². The first-order valence-electron chi connectivity index (χ1n) is 10.6. The summed E-state index contributed by atoms with van der Waals surface area (Å²) in [4.78, 5) is 15.1. The molecular weight excluding hydrogens is 414 g/mol. The number of hydrogen-bond donors (Lipinski definition) is 1. The lowest BCUT2D eigenvalue weighted by atomic mass is 10.1. The summed E-state index contributed by atoms with van der Waals surface area (Å²) in [7, 11) is -2.08. The molecule has 0 heterocycles. The van der Waals surface area contributed by atoms with Crippen molar-refractivity contribution in [2.24, 2.45) is 0 Å². The Balaban J connectivity index is 2.43. The molecule has 170 valence electrons. The zero-order valence-corrected chi connectivity index (χ0v) is 19.8. The zero-order valence-electron chi connectivity index (χ0n) is 19.0. The first kappa shape index (κ1) is 24.7. The molecule has 7 nitrogen and oxygen atoms in total. The second-order valence-electron chi connectivity index (χ2n) is 6.98. The number of sulfonamides is 1. The van der Waals surface area contributed by atoms with E-state index >= 15 is 0 Å². The number of carbonyl (C=O) groups excluding carboxylic acids is 1. The van der Waals surface area contributed by atoms with E-state index in [0.29, 0.717) is 24.5 Å². The number of anilines is 2. The molecule has 1 amide bonds. The van der Waals surface area contributed by atoms with Gasteiger partial charge < -0.3 is 15.0 Å². The Morgan fingerprint density at radius 3 is 2.19 bits per heavy atom. The molecule has 0 aromatic heterocycles. The summed E-state index contributed by atoms with van der Waals surface area (Å²) in [5.74, 6) is 0.398. The summed E-state index contributed by atoms with van der Waals surface area (Å²) in [6.45, 7) is 9.87. The van der Waals surface area contributed by atoms with Crippen LogP contribution < -0.4 is 15.0 Å². The van der Waals surface area contributed by atoms with E-state index in [9.17, 15) is 13.2 Å². The monoisotopic (exact) mass is 447 g/mol. The van der Waals surface area contributed by atoms with Gasteiger partial charge in [0, 0.05) is 31.7 Å².